The molecule has 1 atom stereocenters. The number of fused-ring (bicyclic) bond motifs is 1. The number of aliphatic hydroxyl groups is 1. The van der Waals surface area contributed by atoms with Crippen LogP contribution >= 0.6 is 0 Å². The van der Waals surface area contributed by atoms with Gasteiger partial charge in [-0.05, 0) is 22.9 Å². The molecule has 0 amide bonds. The second-order valence-corrected chi connectivity index (χ2v) is 4.11. The van der Waals surface area contributed by atoms with Crippen molar-refractivity contribution in [3.63, 3.8) is 0 Å². The van der Waals surface area contributed by atoms with Gasteiger partial charge in [0.15, 0.2) is 0 Å². The minimum Gasteiger partial charge on any atom is -0.480 e. The molecule has 0 spiro atoms. The predicted molar refractivity (Wildman–Crippen MR) is 70.7 cm³/mol. The normalized spacial score (nSPS) is 12.3. The minimum absolute atomic E-state index is 0.155. The molecule has 0 aliphatic rings. The van der Waals surface area contributed by atoms with Gasteiger partial charge in [0.2, 0.25) is 0 Å². The maximum Gasteiger partial charge on any atom is 0.326 e. The van der Waals surface area contributed by atoms with Crippen molar-refractivity contribution in [1.29, 1.82) is 0 Å². The van der Waals surface area contributed by atoms with E-state index in [2.05, 4.69) is 5.32 Å². The first-order chi connectivity index (χ1) is 8.70. The number of anilines is 1. The van der Waals surface area contributed by atoms with Crippen molar-refractivity contribution in [1.82, 2.24) is 0 Å². The van der Waals surface area contributed by atoms with Crippen LogP contribution in [0, 0.1) is 0 Å². The van der Waals surface area contributed by atoms with E-state index in [1.54, 1.807) is 0 Å². The number of carboxylic acid groups (broad SMARTS) is 1. The largest absolute Gasteiger partial charge is 0.480 e. The van der Waals surface area contributed by atoms with Gasteiger partial charge in [-0.25, -0.2) is 4.79 Å². The van der Waals surface area contributed by atoms with Crippen molar-refractivity contribution < 1.29 is 15.0 Å². The first kappa shape index (κ1) is 12.4. The molecule has 3 N–H and O–H groups in total. The molecule has 0 aromatic heterocycles. The van der Waals surface area contributed by atoms with Gasteiger partial charge in [-0.2, -0.15) is 0 Å². The molecule has 0 saturated carbocycles. The zero-order chi connectivity index (χ0) is 13.0. The Labute approximate surface area is 105 Å². The Morgan fingerprint density at radius 3 is 2.56 bits per heavy atom. The lowest BCUT2D eigenvalue weighted by atomic mass is 10.1. The van der Waals surface area contributed by atoms with Gasteiger partial charge in [-0.15, -0.1) is 0 Å². The van der Waals surface area contributed by atoms with E-state index in [4.69, 9.17) is 10.2 Å². The van der Waals surface area contributed by atoms with Crippen molar-refractivity contribution in [2.75, 3.05) is 11.9 Å². The highest BCUT2D eigenvalue weighted by Gasteiger charge is 2.16. The number of hydrogen-bond donors (Lipinski definition) is 3. The summed E-state index contributed by atoms with van der Waals surface area (Å²) in [5.74, 6) is -0.961. The van der Waals surface area contributed by atoms with Crippen molar-refractivity contribution in [2.45, 2.75) is 12.5 Å². The maximum atomic E-state index is 11.0. The van der Waals surface area contributed by atoms with Gasteiger partial charge < -0.3 is 15.5 Å². The second kappa shape index (κ2) is 5.51. The molecule has 94 valence electrons. The maximum absolute atomic E-state index is 11.0. The van der Waals surface area contributed by atoms with Gasteiger partial charge in [-0.3, -0.25) is 0 Å². The molecule has 0 fully saturated rings. The number of rotatable bonds is 5. The van der Waals surface area contributed by atoms with Crippen LogP contribution in [-0.2, 0) is 4.79 Å². The molecule has 2 rings (SSSR count). The predicted octanol–water partition coefficient (Wildman–Crippen LogP) is 2.09. The summed E-state index contributed by atoms with van der Waals surface area (Å²) in [6.07, 6.45) is 0.183. The van der Waals surface area contributed by atoms with Crippen molar-refractivity contribution >= 4 is 22.4 Å². The molecule has 0 aliphatic heterocycles. The van der Waals surface area contributed by atoms with E-state index in [9.17, 15) is 4.79 Å². The standard InChI is InChI=1S/C14H15NO3/c16-8-7-13(14(17)18)15-12-6-5-10-3-1-2-4-11(10)9-12/h1-6,9,13,15-16H,7-8H2,(H,17,18). The number of benzene rings is 2. The third kappa shape index (κ3) is 2.78. The minimum atomic E-state index is -0.961. The first-order valence-corrected chi connectivity index (χ1v) is 5.79. The molecule has 4 heteroatoms. The van der Waals surface area contributed by atoms with Crippen molar-refractivity contribution in [3.05, 3.63) is 42.5 Å². The van der Waals surface area contributed by atoms with E-state index in [0.29, 0.717) is 0 Å². The van der Waals surface area contributed by atoms with Gasteiger partial charge >= 0.3 is 5.97 Å². The topological polar surface area (TPSA) is 69.6 Å². The van der Waals surface area contributed by atoms with Crippen LogP contribution in [0.25, 0.3) is 10.8 Å². The first-order valence-electron chi connectivity index (χ1n) is 5.79. The Morgan fingerprint density at radius 2 is 1.89 bits per heavy atom. The third-order valence-electron chi connectivity index (χ3n) is 2.81. The number of aliphatic carboxylic acids is 1. The summed E-state index contributed by atoms with van der Waals surface area (Å²) in [7, 11) is 0. The van der Waals surface area contributed by atoms with Gasteiger partial charge in [0.05, 0.1) is 0 Å². The molecule has 2 aromatic carbocycles. The molecule has 0 saturated heterocycles. The van der Waals surface area contributed by atoms with Crippen molar-refractivity contribution in [3.8, 4) is 0 Å². The van der Waals surface area contributed by atoms with Crippen LogP contribution < -0.4 is 5.32 Å². The molecular formula is C14H15NO3. The Morgan fingerprint density at radius 1 is 1.17 bits per heavy atom. The van der Waals surface area contributed by atoms with Crippen LogP contribution in [0.3, 0.4) is 0 Å². The Bertz CT molecular complexity index is 553. The van der Waals surface area contributed by atoms with E-state index in [0.717, 1.165) is 16.5 Å². The average Bonchev–Trinajstić information content (AvgIpc) is 2.38. The van der Waals surface area contributed by atoms with Crippen LogP contribution in [-0.4, -0.2) is 28.8 Å². The fourth-order valence-corrected chi connectivity index (χ4v) is 1.87. The van der Waals surface area contributed by atoms with E-state index >= 15 is 0 Å². The molecule has 4 nitrogen and oxygen atoms in total. The number of aliphatic hydroxyl groups excluding tert-OH is 1. The number of hydrogen-bond acceptors (Lipinski definition) is 3. The summed E-state index contributed by atoms with van der Waals surface area (Å²) in [5.41, 5.74) is 0.745. The highest BCUT2D eigenvalue weighted by Crippen LogP contribution is 2.19. The smallest absolute Gasteiger partial charge is 0.326 e. The van der Waals surface area contributed by atoms with Gasteiger partial charge in [-0.1, -0.05) is 30.3 Å². The monoisotopic (exact) mass is 245 g/mol. The summed E-state index contributed by atoms with van der Waals surface area (Å²) in [4.78, 5) is 11.0. The molecule has 2 aromatic rings. The fraction of sp³-hybridized carbons (Fsp3) is 0.214. The third-order valence-corrected chi connectivity index (χ3v) is 2.81. The van der Waals surface area contributed by atoms with E-state index in [1.165, 1.54) is 0 Å². The summed E-state index contributed by atoms with van der Waals surface area (Å²) < 4.78 is 0. The summed E-state index contributed by atoms with van der Waals surface area (Å²) >= 11 is 0. The van der Waals surface area contributed by atoms with E-state index in [1.807, 2.05) is 42.5 Å². The Hall–Kier alpha value is -2.07. The van der Waals surface area contributed by atoms with Crippen LogP contribution in [0.15, 0.2) is 42.5 Å². The Kier molecular flexibility index (Phi) is 3.79. The number of carboxylic acids is 1. The van der Waals surface area contributed by atoms with Crippen LogP contribution in [0.4, 0.5) is 5.69 Å². The molecule has 18 heavy (non-hydrogen) atoms. The lowest BCUT2D eigenvalue weighted by Crippen LogP contribution is -2.30. The Balaban J connectivity index is 2.22. The second-order valence-electron chi connectivity index (χ2n) is 4.11. The number of carbonyl (C=O) groups is 1. The van der Waals surface area contributed by atoms with E-state index < -0.39 is 12.0 Å². The molecule has 1 unspecified atom stereocenters. The molecule has 0 aliphatic carbocycles. The highest BCUT2D eigenvalue weighted by molar-refractivity contribution is 5.86. The van der Waals surface area contributed by atoms with E-state index in [-0.39, 0.29) is 13.0 Å². The highest BCUT2D eigenvalue weighted by atomic mass is 16.4. The quantitative estimate of drug-likeness (QED) is 0.754. The van der Waals surface area contributed by atoms with Gasteiger partial charge in [0.1, 0.15) is 6.04 Å². The lowest BCUT2D eigenvalue weighted by Gasteiger charge is -2.15. The average molecular weight is 245 g/mol. The van der Waals surface area contributed by atoms with Gasteiger partial charge in [0.25, 0.3) is 0 Å². The number of nitrogens with one attached hydrogen (secondary N) is 1. The summed E-state index contributed by atoms with van der Waals surface area (Å²) in [5, 5.41) is 22.9. The molecule has 0 radical (unpaired) electrons. The lowest BCUT2D eigenvalue weighted by molar-refractivity contribution is -0.138. The molecular weight excluding hydrogens is 230 g/mol. The zero-order valence-corrected chi connectivity index (χ0v) is 9.84. The summed E-state index contributed by atoms with van der Waals surface area (Å²) in [6.45, 7) is -0.155. The van der Waals surface area contributed by atoms with Crippen LogP contribution in [0.2, 0.25) is 0 Å². The zero-order valence-electron chi connectivity index (χ0n) is 9.84. The molecule has 0 heterocycles. The van der Waals surface area contributed by atoms with Gasteiger partial charge in [0, 0.05) is 18.7 Å². The van der Waals surface area contributed by atoms with Crippen molar-refractivity contribution in [2.24, 2.45) is 0 Å². The fourth-order valence-electron chi connectivity index (χ4n) is 1.87. The van der Waals surface area contributed by atoms with Crippen LogP contribution in [0.5, 0.6) is 0 Å². The summed E-state index contributed by atoms with van der Waals surface area (Å²) in [6, 6.07) is 12.8. The molecule has 0 bridgehead atoms. The SMILES string of the molecule is O=C(O)C(CCO)Nc1ccc2ccccc2c1. The van der Waals surface area contributed by atoms with Crippen LogP contribution in [0.1, 0.15) is 6.42 Å².